The normalized spacial score (nSPS) is 21.8. The van der Waals surface area contributed by atoms with Crippen molar-refractivity contribution in [2.45, 2.75) is 26.3 Å². The van der Waals surface area contributed by atoms with Crippen LogP contribution in [0.2, 0.25) is 0 Å². The zero-order chi connectivity index (χ0) is 9.84. The average molecular weight is 184 g/mol. The Bertz CT molecular complexity index is 260. The molecule has 5 heteroatoms. The lowest BCUT2D eigenvalue weighted by molar-refractivity contribution is -0.136. The monoisotopic (exact) mass is 184 g/mol. The van der Waals surface area contributed by atoms with E-state index >= 15 is 0 Å². The molecule has 0 radical (unpaired) electrons. The van der Waals surface area contributed by atoms with Gasteiger partial charge in [0, 0.05) is 12.5 Å². The second-order valence-electron chi connectivity index (χ2n) is 2.84. The van der Waals surface area contributed by atoms with Crippen LogP contribution in [0.25, 0.3) is 0 Å². The lowest BCUT2D eigenvalue weighted by Gasteiger charge is -2.16. The molecule has 0 aliphatic carbocycles. The van der Waals surface area contributed by atoms with Crippen molar-refractivity contribution in [1.82, 2.24) is 5.43 Å². The molecule has 0 saturated carbocycles. The van der Waals surface area contributed by atoms with Crippen molar-refractivity contribution in [3.05, 3.63) is 0 Å². The zero-order valence-electron chi connectivity index (χ0n) is 7.66. The first-order valence-electron chi connectivity index (χ1n) is 4.18. The molecule has 0 aromatic heterocycles. The molecule has 72 valence electrons. The summed E-state index contributed by atoms with van der Waals surface area (Å²) in [5.41, 5.74) is 2.54. The molecular formula is C8H12N2O3. The number of ether oxygens (including phenoxy) is 1. The molecule has 13 heavy (non-hydrogen) atoms. The Kier molecular flexibility index (Phi) is 3.00. The number of hydrazone groups is 1. The molecule has 1 rings (SSSR count). The number of esters is 1. The number of rotatable bonds is 2. The topological polar surface area (TPSA) is 67.8 Å². The summed E-state index contributed by atoms with van der Waals surface area (Å²) < 4.78 is 4.66. The highest BCUT2D eigenvalue weighted by Gasteiger charge is 2.26. The van der Waals surface area contributed by atoms with Gasteiger partial charge in [0.05, 0.1) is 6.61 Å². The van der Waals surface area contributed by atoms with Gasteiger partial charge in [-0.15, -0.1) is 0 Å². The van der Waals surface area contributed by atoms with E-state index in [9.17, 15) is 9.59 Å². The highest BCUT2D eigenvalue weighted by Crippen LogP contribution is 2.02. The average Bonchev–Trinajstić information content (AvgIpc) is 2.04. The summed E-state index contributed by atoms with van der Waals surface area (Å²) in [4.78, 5) is 22.4. The Morgan fingerprint density at radius 1 is 1.77 bits per heavy atom. The van der Waals surface area contributed by atoms with E-state index in [-0.39, 0.29) is 30.6 Å². The fraction of sp³-hybridized carbons (Fsp3) is 0.625. The fourth-order valence-electron chi connectivity index (χ4n) is 1.02. The van der Waals surface area contributed by atoms with Crippen LogP contribution in [0.1, 0.15) is 20.3 Å². The van der Waals surface area contributed by atoms with Gasteiger partial charge in [-0.2, -0.15) is 5.10 Å². The van der Waals surface area contributed by atoms with E-state index in [0.717, 1.165) is 0 Å². The van der Waals surface area contributed by atoms with Gasteiger partial charge in [-0.25, -0.2) is 4.79 Å². The van der Waals surface area contributed by atoms with E-state index in [1.165, 1.54) is 0 Å². The van der Waals surface area contributed by atoms with Gasteiger partial charge in [-0.1, -0.05) is 0 Å². The van der Waals surface area contributed by atoms with Crippen LogP contribution in [0.5, 0.6) is 0 Å². The Morgan fingerprint density at radius 2 is 2.46 bits per heavy atom. The van der Waals surface area contributed by atoms with Crippen molar-refractivity contribution in [2.24, 2.45) is 5.10 Å². The number of ketones is 1. The smallest absolute Gasteiger partial charge is 0.362 e. The summed E-state index contributed by atoms with van der Waals surface area (Å²) in [6, 6.07) is -0.00863. The highest BCUT2D eigenvalue weighted by molar-refractivity contribution is 6.64. The zero-order valence-corrected chi connectivity index (χ0v) is 7.66. The molecule has 0 saturated heterocycles. The number of hydrogen-bond donors (Lipinski definition) is 1. The summed E-state index contributed by atoms with van der Waals surface area (Å²) in [6.07, 6.45) is 0.289. The van der Waals surface area contributed by atoms with E-state index in [0.29, 0.717) is 0 Å². The van der Waals surface area contributed by atoms with Crippen molar-refractivity contribution < 1.29 is 14.3 Å². The van der Waals surface area contributed by atoms with E-state index in [1.54, 1.807) is 6.92 Å². The van der Waals surface area contributed by atoms with Gasteiger partial charge in [0.1, 0.15) is 0 Å². The molecule has 0 amide bonds. The summed E-state index contributed by atoms with van der Waals surface area (Å²) in [5, 5.41) is 3.65. The first-order valence-corrected chi connectivity index (χ1v) is 4.18. The molecule has 0 bridgehead atoms. The maximum absolute atomic E-state index is 11.2. The third-order valence-corrected chi connectivity index (χ3v) is 1.62. The number of nitrogens with one attached hydrogen (secondary N) is 1. The third-order valence-electron chi connectivity index (χ3n) is 1.62. The SMILES string of the molecule is CCOC(=O)C1=NNC(C)CC1=O. The number of carbonyl (C=O) groups excluding carboxylic acids is 2. The van der Waals surface area contributed by atoms with Crippen LogP contribution in [0, 0.1) is 0 Å². The molecule has 1 atom stereocenters. The van der Waals surface area contributed by atoms with Gasteiger partial charge in [-0.05, 0) is 13.8 Å². The minimum atomic E-state index is -0.646. The van der Waals surface area contributed by atoms with Crippen molar-refractivity contribution in [2.75, 3.05) is 6.61 Å². The Morgan fingerprint density at radius 3 is 3.00 bits per heavy atom. The molecule has 1 aliphatic heterocycles. The number of carbonyl (C=O) groups is 2. The van der Waals surface area contributed by atoms with Crippen molar-refractivity contribution in [3.8, 4) is 0 Å². The van der Waals surface area contributed by atoms with Crippen LogP contribution >= 0.6 is 0 Å². The van der Waals surface area contributed by atoms with Crippen LogP contribution in [0.3, 0.4) is 0 Å². The van der Waals surface area contributed by atoms with Crippen LogP contribution in [0.4, 0.5) is 0 Å². The van der Waals surface area contributed by atoms with Gasteiger partial charge in [0.2, 0.25) is 5.71 Å². The number of hydrogen-bond acceptors (Lipinski definition) is 5. The first-order chi connectivity index (χ1) is 6.15. The molecule has 1 N–H and O–H groups in total. The molecule has 0 spiro atoms. The quantitative estimate of drug-likeness (QED) is 0.606. The van der Waals surface area contributed by atoms with Crippen LogP contribution in [-0.2, 0) is 14.3 Å². The molecule has 5 nitrogen and oxygen atoms in total. The van der Waals surface area contributed by atoms with Gasteiger partial charge in [0.15, 0.2) is 5.78 Å². The van der Waals surface area contributed by atoms with E-state index < -0.39 is 5.97 Å². The summed E-state index contributed by atoms with van der Waals surface area (Å²) in [7, 11) is 0. The Balaban J connectivity index is 2.69. The molecular weight excluding hydrogens is 172 g/mol. The molecule has 0 aromatic carbocycles. The Labute approximate surface area is 76.1 Å². The van der Waals surface area contributed by atoms with Crippen molar-refractivity contribution in [1.29, 1.82) is 0 Å². The van der Waals surface area contributed by atoms with E-state index in [4.69, 9.17) is 0 Å². The van der Waals surface area contributed by atoms with Crippen LogP contribution in [-0.4, -0.2) is 30.1 Å². The van der Waals surface area contributed by atoms with Crippen LogP contribution in [0.15, 0.2) is 5.10 Å². The highest BCUT2D eigenvalue weighted by atomic mass is 16.5. The fourth-order valence-corrected chi connectivity index (χ4v) is 1.02. The van der Waals surface area contributed by atoms with Gasteiger partial charge in [-0.3, -0.25) is 4.79 Å². The molecule has 1 aliphatic rings. The molecule has 0 aromatic rings. The number of nitrogens with zero attached hydrogens (tertiary/aromatic N) is 1. The summed E-state index contributed by atoms with van der Waals surface area (Å²) in [6.45, 7) is 3.76. The minimum absolute atomic E-state index is 0.00863. The lowest BCUT2D eigenvalue weighted by Crippen LogP contribution is -2.39. The van der Waals surface area contributed by atoms with Gasteiger partial charge in [0.25, 0.3) is 0 Å². The minimum Gasteiger partial charge on any atom is -0.461 e. The predicted octanol–water partition coefficient (Wildman–Crippen LogP) is -0.144. The molecule has 0 fully saturated rings. The van der Waals surface area contributed by atoms with Gasteiger partial charge < -0.3 is 10.2 Å². The first kappa shape index (κ1) is 9.70. The third kappa shape index (κ3) is 2.27. The molecule has 1 heterocycles. The predicted molar refractivity (Wildman–Crippen MR) is 46.3 cm³/mol. The second-order valence-corrected chi connectivity index (χ2v) is 2.84. The van der Waals surface area contributed by atoms with E-state index in [1.807, 2.05) is 6.92 Å². The summed E-state index contributed by atoms with van der Waals surface area (Å²) in [5.74, 6) is -0.906. The van der Waals surface area contributed by atoms with Crippen LogP contribution < -0.4 is 5.43 Å². The lowest BCUT2D eigenvalue weighted by atomic mass is 10.1. The molecule has 1 unspecified atom stereocenters. The largest absolute Gasteiger partial charge is 0.461 e. The number of Topliss-reactive ketones (excluding diaryl/α,β-unsaturated/α-hetero) is 1. The van der Waals surface area contributed by atoms with Crippen molar-refractivity contribution >= 4 is 17.5 Å². The van der Waals surface area contributed by atoms with Gasteiger partial charge >= 0.3 is 5.97 Å². The van der Waals surface area contributed by atoms with Crippen molar-refractivity contribution in [3.63, 3.8) is 0 Å². The Hall–Kier alpha value is -1.39. The maximum atomic E-state index is 11.2. The standard InChI is InChI=1S/C8H12N2O3/c1-3-13-8(12)7-6(11)4-5(2)9-10-7/h5,9H,3-4H2,1-2H3. The second kappa shape index (κ2) is 4.02. The maximum Gasteiger partial charge on any atom is 0.362 e. The summed E-state index contributed by atoms with van der Waals surface area (Å²) >= 11 is 0. The van der Waals surface area contributed by atoms with E-state index in [2.05, 4.69) is 15.3 Å².